The summed E-state index contributed by atoms with van der Waals surface area (Å²) >= 11 is 5.89. The molecule has 2 amide bonds. The molecule has 2 aromatic carbocycles. The van der Waals surface area contributed by atoms with Gasteiger partial charge in [-0.3, -0.25) is 9.59 Å². The Bertz CT molecular complexity index is 817. The van der Waals surface area contributed by atoms with Gasteiger partial charge in [-0.25, -0.2) is 0 Å². The molecule has 3 rings (SSSR count). The minimum Gasteiger partial charge on any atom is -0.338 e. The number of hydrogen-bond acceptors (Lipinski definition) is 2. The van der Waals surface area contributed by atoms with Crippen LogP contribution in [-0.4, -0.2) is 29.8 Å². The topological polar surface area (TPSA) is 49.4 Å². The van der Waals surface area contributed by atoms with Crippen LogP contribution in [-0.2, 0) is 4.79 Å². The molecule has 0 bridgehead atoms. The first kappa shape index (κ1) is 18.5. The van der Waals surface area contributed by atoms with E-state index in [2.05, 4.69) is 5.32 Å². The third-order valence-electron chi connectivity index (χ3n) is 4.95. The average molecular weight is 371 g/mol. The van der Waals surface area contributed by atoms with E-state index in [1.165, 1.54) is 5.56 Å². The molecule has 26 heavy (non-hydrogen) atoms. The van der Waals surface area contributed by atoms with Crippen molar-refractivity contribution in [3.8, 4) is 0 Å². The smallest absolute Gasteiger partial charge is 0.253 e. The van der Waals surface area contributed by atoms with E-state index in [1.807, 2.05) is 32.0 Å². The fourth-order valence-electron chi connectivity index (χ4n) is 3.21. The van der Waals surface area contributed by atoms with Crippen LogP contribution in [0.2, 0.25) is 5.02 Å². The zero-order valence-corrected chi connectivity index (χ0v) is 15.8. The standard InChI is InChI=1S/C21H23ClN2O2/c1-14-5-10-19(12-15(14)2)23-20(25)17-4-3-11-24(13-17)21(26)16-6-8-18(22)9-7-16/h5-10,12,17H,3-4,11,13H2,1-2H3,(H,23,25)/t17-/m1/s1. The number of carbonyl (C=O) groups is 2. The summed E-state index contributed by atoms with van der Waals surface area (Å²) in [7, 11) is 0. The van der Waals surface area contributed by atoms with Crippen LogP contribution in [0.4, 0.5) is 5.69 Å². The van der Waals surface area contributed by atoms with Crippen LogP contribution >= 0.6 is 11.6 Å². The molecule has 4 nitrogen and oxygen atoms in total. The highest BCUT2D eigenvalue weighted by molar-refractivity contribution is 6.30. The summed E-state index contributed by atoms with van der Waals surface area (Å²) in [4.78, 5) is 27.1. The van der Waals surface area contributed by atoms with Crippen molar-refractivity contribution in [3.63, 3.8) is 0 Å². The van der Waals surface area contributed by atoms with E-state index in [1.54, 1.807) is 29.2 Å². The van der Waals surface area contributed by atoms with Gasteiger partial charge in [0.15, 0.2) is 0 Å². The Kier molecular flexibility index (Phi) is 5.62. The Balaban J connectivity index is 1.65. The molecular weight excluding hydrogens is 348 g/mol. The van der Waals surface area contributed by atoms with Crippen molar-refractivity contribution in [1.82, 2.24) is 4.90 Å². The Hall–Kier alpha value is -2.33. The predicted octanol–water partition coefficient (Wildman–Crippen LogP) is 4.45. The molecule has 1 fully saturated rings. The second-order valence-corrected chi connectivity index (χ2v) is 7.32. The van der Waals surface area contributed by atoms with Crippen LogP contribution in [0, 0.1) is 19.8 Å². The lowest BCUT2D eigenvalue weighted by molar-refractivity contribution is -0.121. The number of rotatable bonds is 3. The van der Waals surface area contributed by atoms with Gasteiger partial charge >= 0.3 is 0 Å². The number of amides is 2. The van der Waals surface area contributed by atoms with Gasteiger partial charge in [0, 0.05) is 29.4 Å². The molecule has 1 heterocycles. The maximum absolute atomic E-state index is 12.7. The number of halogens is 1. The van der Waals surface area contributed by atoms with Crippen LogP contribution in [0.5, 0.6) is 0 Å². The molecule has 1 atom stereocenters. The normalized spacial score (nSPS) is 17.0. The van der Waals surface area contributed by atoms with Crippen molar-refractivity contribution in [2.24, 2.45) is 5.92 Å². The van der Waals surface area contributed by atoms with Crippen LogP contribution in [0.1, 0.15) is 34.3 Å². The summed E-state index contributed by atoms with van der Waals surface area (Å²) in [6.45, 7) is 5.19. The summed E-state index contributed by atoms with van der Waals surface area (Å²) in [6, 6.07) is 12.8. The number of nitrogens with zero attached hydrogens (tertiary/aromatic N) is 1. The van der Waals surface area contributed by atoms with Crippen LogP contribution in [0.15, 0.2) is 42.5 Å². The summed E-state index contributed by atoms with van der Waals surface area (Å²) in [5, 5.41) is 3.59. The van der Waals surface area contributed by atoms with Crippen molar-refractivity contribution in [2.75, 3.05) is 18.4 Å². The minimum atomic E-state index is -0.193. The maximum atomic E-state index is 12.7. The molecule has 1 aliphatic rings. The zero-order valence-electron chi connectivity index (χ0n) is 15.1. The van der Waals surface area contributed by atoms with E-state index < -0.39 is 0 Å². The van der Waals surface area contributed by atoms with Gasteiger partial charge in [0.1, 0.15) is 0 Å². The fraction of sp³-hybridized carbons (Fsp3) is 0.333. The van der Waals surface area contributed by atoms with Gasteiger partial charge in [0.2, 0.25) is 5.91 Å². The Morgan fingerprint density at radius 2 is 1.81 bits per heavy atom. The molecule has 1 N–H and O–H groups in total. The van der Waals surface area contributed by atoms with Gasteiger partial charge in [-0.1, -0.05) is 17.7 Å². The van der Waals surface area contributed by atoms with Gasteiger partial charge in [-0.2, -0.15) is 0 Å². The molecule has 2 aromatic rings. The highest BCUT2D eigenvalue weighted by Gasteiger charge is 2.29. The monoisotopic (exact) mass is 370 g/mol. The Labute approximate surface area is 159 Å². The molecule has 1 aliphatic heterocycles. The number of nitrogens with one attached hydrogen (secondary N) is 1. The van der Waals surface area contributed by atoms with Gasteiger partial charge in [-0.05, 0) is 74.2 Å². The molecule has 1 saturated heterocycles. The number of carbonyl (C=O) groups excluding carboxylic acids is 2. The van der Waals surface area contributed by atoms with Crippen LogP contribution in [0.25, 0.3) is 0 Å². The lowest BCUT2D eigenvalue weighted by Gasteiger charge is -2.32. The lowest BCUT2D eigenvalue weighted by atomic mass is 9.96. The second kappa shape index (κ2) is 7.92. The molecule has 0 unspecified atom stereocenters. The Morgan fingerprint density at radius 1 is 1.08 bits per heavy atom. The van der Waals surface area contributed by atoms with Gasteiger partial charge in [0.25, 0.3) is 5.91 Å². The van der Waals surface area contributed by atoms with Gasteiger partial charge in [-0.15, -0.1) is 0 Å². The van der Waals surface area contributed by atoms with Gasteiger partial charge in [0.05, 0.1) is 5.92 Å². The van der Waals surface area contributed by atoms with E-state index in [-0.39, 0.29) is 17.7 Å². The largest absolute Gasteiger partial charge is 0.338 e. The van der Waals surface area contributed by atoms with Crippen molar-refractivity contribution in [3.05, 3.63) is 64.2 Å². The molecule has 5 heteroatoms. The van der Waals surface area contributed by atoms with Crippen molar-refractivity contribution >= 4 is 29.1 Å². The van der Waals surface area contributed by atoms with E-state index in [9.17, 15) is 9.59 Å². The summed E-state index contributed by atoms with van der Waals surface area (Å²) < 4.78 is 0. The number of hydrogen-bond donors (Lipinski definition) is 1. The molecule has 0 aromatic heterocycles. The molecule has 0 saturated carbocycles. The molecule has 0 radical (unpaired) electrons. The lowest BCUT2D eigenvalue weighted by Crippen LogP contribution is -2.43. The number of benzene rings is 2. The molecular formula is C21H23ClN2O2. The van der Waals surface area contributed by atoms with E-state index in [0.717, 1.165) is 24.1 Å². The first-order valence-corrected chi connectivity index (χ1v) is 9.25. The molecule has 136 valence electrons. The third kappa shape index (κ3) is 4.25. The second-order valence-electron chi connectivity index (χ2n) is 6.89. The number of piperidine rings is 1. The van der Waals surface area contributed by atoms with Gasteiger partial charge < -0.3 is 10.2 Å². The summed E-state index contributed by atoms with van der Waals surface area (Å²) in [6.07, 6.45) is 1.62. The van der Waals surface area contributed by atoms with Crippen LogP contribution < -0.4 is 5.32 Å². The van der Waals surface area contributed by atoms with E-state index >= 15 is 0 Å². The summed E-state index contributed by atoms with van der Waals surface area (Å²) in [5.74, 6) is -0.270. The van der Waals surface area contributed by atoms with Crippen molar-refractivity contribution < 1.29 is 9.59 Å². The summed E-state index contributed by atoms with van der Waals surface area (Å²) in [5.41, 5.74) is 3.75. The number of likely N-dealkylation sites (tertiary alicyclic amines) is 1. The maximum Gasteiger partial charge on any atom is 0.253 e. The molecule has 0 aliphatic carbocycles. The number of aryl methyl sites for hydroxylation is 2. The number of anilines is 1. The SMILES string of the molecule is Cc1ccc(NC(=O)[C@@H]2CCCN(C(=O)c3ccc(Cl)cc3)C2)cc1C. The first-order chi connectivity index (χ1) is 12.4. The Morgan fingerprint density at radius 3 is 2.50 bits per heavy atom. The van der Waals surface area contributed by atoms with E-state index in [4.69, 9.17) is 11.6 Å². The predicted molar refractivity (Wildman–Crippen MR) is 105 cm³/mol. The van der Waals surface area contributed by atoms with Crippen molar-refractivity contribution in [2.45, 2.75) is 26.7 Å². The van der Waals surface area contributed by atoms with Crippen LogP contribution in [0.3, 0.4) is 0 Å². The quantitative estimate of drug-likeness (QED) is 0.867. The third-order valence-corrected chi connectivity index (χ3v) is 5.20. The first-order valence-electron chi connectivity index (χ1n) is 8.87. The van der Waals surface area contributed by atoms with Crippen molar-refractivity contribution in [1.29, 1.82) is 0 Å². The highest BCUT2D eigenvalue weighted by Crippen LogP contribution is 2.22. The zero-order chi connectivity index (χ0) is 18.7. The minimum absolute atomic E-state index is 0.0261. The highest BCUT2D eigenvalue weighted by atomic mass is 35.5. The fourth-order valence-corrected chi connectivity index (χ4v) is 3.34. The average Bonchev–Trinajstić information content (AvgIpc) is 2.65. The van der Waals surface area contributed by atoms with E-state index in [0.29, 0.717) is 23.7 Å². The molecule has 0 spiro atoms.